The molecule has 1 amide bonds. The molecule has 0 aliphatic carbocycles. The summed E-state index contributed by atoms with van der Waals surface area (Å²) < 4.78 is 1.86. The van der Waals surface area contributed by atoms with Gasteiger partial charge in [0.2, 0.25) is 5.91 Å². The van der Waals surface area contributed by atoms with E-state index in [1.165, 1.54) is 6.42 Å². The Morgan fingerprint density at radius 3 is 2.32 bits per heavy atom. The third-order valence-electron chi connectivity index (χ3n) is 4.47. The van der Waals surface area contributed by atoms with Crippen molar-refractivity contribution in [2.75, 3.05) is 0 Å². The first kappa shape index (κ1) is 14.1. The van der Waals surface area contributed by atoms with Gasteiger partial charge in [0, 0.05) is 30.4 Å². The van der Waals surface area contributed by atoms with Gasteiger partial charge in [0.25, 0.3) is 0 Å². The third kappa shape index (κ3) is 2.67. The summed E-state index contributed by atoms with van der Waals surface area (Å²) in [6.45, 7) is 8.34. The van der Waals surface area contributed by atoms with E-state index in [0.29, 0.717) is 18.5 Å². The Balaban J connectivity index is 2.16. The molecule has 0 N–H and O–H groups in total. The number of carbonyl (C=O) groups is 1. The van der Waals surface area contributed by atoms with E-state index in [0.717, 1.165) is 29.8 Å². The van der Waals surface area contributed by atoms with Gasteiger partial charge >= 0.3 is 0 Å². The van der Waals surface area contributed by atoms with Gasteiger partial charge in [-0.05, 0) is 47.0 Å². The highest BCUT2D eigenvalue weighted by atomic mass is 16.2. The Bertz CT molecular complexity index is 468. The molecule has 106 valence electrons. The Labute approximate surface area is 115 Å². The highest BCUT2D eigenvalue weighted by Crippen LogP contribution is 2.24. The van der Waals surface area contributed by atoms with Crippen LogP contribution in [0.25, 0.3) is 0 Å². The molecule has 0 aromatic carbocycles. The second-order valence-electron chi connectivity index (χ2n) is 5.88. The minimum atomic E-state index is 0.249. The van der Waals surface area contributed by atoms with Crippen LogP contribution in [0.15, 0.2) is 0 Å². The Morgan fingerprint density at radius 1 is 1.26 bits per heavy atom. The number of amides is 1. The highest BCUT2D eigenvalue weighted by molar-refractivity contribution is 5.80. The first-order valence-electron chi connectivity index (χ1n) is 7.22. The van der Waals surface area contributed by atoms with Crippen molar-refractivity contribution in [3.8, 4) is 0 Å². The molecule has 2 atom stereocenters. The van der Waals surface area contributed by atoms with E-state index in [4.69, 9.17) is 0 Å². The number of nitrogens with zero attached hydrogens (tertiary/aromatic N) is 3. The Morgan fingerprint density at radius 2 is 1.84 bits per heavy atom. The molecule has 1 aromatic rings. The maximum Gasteiger partial charge on any atom is 0.227 e. The summed E-state index contributed by atoms with van der Waals surface area (Å²) in [5.74, 6) is 0.249. The number of aryl methyl sites for hydroxylation is 2. The fourth-order valence-corrected chi connectivity index (χ4v) is 3.23. The summed E-state index contributed by atoms with van der Waals surface area (Å²) in [7, 11) is 1.93. The molecule has 2 heterocycles. The van der Waals surface area contributed by atoms with Crippen molar-refractivity contribution < 1.29 is 4.79 Å². The van der Waals surface area contributed by atoms with Crippen LogP contribution in [0.2, 0.25) is 0 Å². The molecule has 0 saturated carbocycles. The van der Waals surface area contributed by atoms with Crippen LogP contribution in [0.5, 0.6) is 0 Å². The highest BCUT2D eigenvalue weighted by Gasteiger charge is 2.29. The largest absolute Gasteiger partial charge is 0.337 e. The Kier molecular flexibility index (Phi) is 3.97. The van der Waals surface area contributed by atoms with Crippen molar-refractivity contribution >= 4 is 5.91 Å². The standard InChI is InChI=1S/C15H25N3O/c1-10-7-6-8-11(2)18(10)15(19)9-14-12(3)16-17(5)13(14)4/h10-11H,6-9H2,1-5H3. The summed E-state index contributed by atoms with van der Waals surface area (Å²) >= 11 is 0. The molecule has 4 heteroatoms. The van der Waals surface area contributed by atoms with Crippen molar-refractivity contribution in [1.29, 1.82) is 0 Å². The van der Waals surface area contributed by atoms with E-state index in [-0.39, 0.29) is 5.91 Å². The molecule has 1 fully saturated rings. The number of likely N-dealkylation sites (tertiary alicyclic amines) is 1. The SMILES string of the molecule is Cc1nn(C)c(C)c1CC(=O)N1C(C)CCCC1C. The fraction of sp³-hybridized carbons (Fsp3) is 0.733. The van der Waals surface area contributed by atoms with Crippen LogP contribution < -0.4 is 0 Å². The third-order valence-corrected chi connectivity index (χ3v) is 4.47. The molecule has 19 heavy (non-hydrogen) atoms. The molecule has 1 aliphatic heterocycles. The molecule has 0 spiro atoms. The predicted octanol–water partition coefficient (Wildman–Crippen LogP) is 2.37. The van der Waals surface area contributed by atoms with Crippen molar-refractivity contribution in [2.24, 2.45) is 7.05 Å². The second-order valence-corrected chi connectivity index (χ2v) is 5.88. The van der Waals surface area contributed by atoms with Gasteiger partial charge in [0.1, 0.15) is 0 Å². The number of rotatable bonds is 2. The van der Waals surface area contributed by atoms with E-state index in [1.807, 2.05) is 25.6 Å². The number of hydrogen-bond acceptors (Lipinski definition) is 2. The van der Waals surface area contributed by atoms with Crippen LogP contribution in [-0.4, -0.2) is 32.7 Å². The van der Waals surface area contributed by atoms with Gasteiger partial charge in [-0.3, -0.25) is 9.48 Å². The topological polar surface area (TPSA) is 38.1 Å². The predicted molar refractivity (Wildman–Crippen MR) is 76.0 cm³/mol. The molecular weight excluding hydrogens is 238 g/mol. The minimum absolute atomic E-state index is 0.249. The van der Waals surface area contributed by atoms with Gasteiger partial charge in [-0.2, -0.15) is 5.10 Å². The Hall–Kier alpha value is -1.32. The maximum atomic E-state index is 12.6. The maximum absolute atomic E-state index is 12.6. The quantitative estimate of drug-likeness (QED) is 0.821. The van der Waals surface area contributed by atoms with Gasteiger partial charge in [-0.15, -0.1) is 0 Å². The molecule has 2 unspecified atom stereocenters. The lowest BCUT2D eigenvalue weighted by molar-refractivity contribution is -0.136. The lowest BCUT2D eigenvalue weighted by atomic mass is 9.96. The van der Waals surface area contributed by atoms with Crippen LogP contribution in [0.4, 0.5) is 0 Å². The van der Waals surface area contributed by atoms with E-state index in [1.54, 1.807) is 0 Å². The summed E-state index contributed by atoms with van der Waals surface area (Å²) in [6, 6.07) is 0.738. The second kappa shape index (κ2) is 5.35. The summed E-state index contributed by atoms with van der Waals surface area (Å²) in [6.07, 6.45) is 3.97. The molecule has 1 aliphatic rings. The fourth-order valence-electron chi connectivity index (χ4n) is 3.23. The van der Waals surface area contributed by atoms with Gasteiger partial charge in [-0.25, -0.2) is 0 Å². The van der Waals surface area contributed by atoms with Crippen LogP contribution in [0.3, 0.4) is 0 Å². The lowest BCUT2D eigenvalue weighted by Crippen LogP contribution is -2.48. The zero-order valence-electron chi connectivity index (χ0n) is 12.7. The van der Waals surface area contributed by atoms with Crippen LogP contribution in [0, 0.1) is 13.8 Å². The molecule has 2 rings (SSSR count). The molecule has 1 aromatic heterocycles. The summed E-state index contributed by atoms with van der Waals surface area (Å²) in [5.41, 5.74) is 3.17. The number of carbonyl (C=O) groups excluding carboxylic acids is 1. The van der Waals surface area contributed by atoms with Crippen LogP contribution >= 0.6 is 0 Å². The van der Waals surface area contributed by atoms with Crippen molar-refractivity contribution in [3.05, 3.63) is 17.0 Å². The molecular formula is C15H25N3O. The molecule has 1 saturated heterocycles. The molecule has 4 nitrogen and oxygen atoms in total. The number of piperidine rings is 1. The normalized spacial score (nSPS) is 23.7. The van der Waals surface area contributed by atoms with E-state index in [9.17, 15) is 4.79 Å². The first-order valence-corrected chi connectivity index (χ1v) is 7.22. The van der Waals surface area contributed by atoms with Crippen LogP contribution in [-0.2, 0) is 18.3 Å². The summed E-state index contributed by atoms with van der Waals surface area (Å²) in [4.78, 5) is 14.7. The molecule has 0 bridgehead atoms. The number of hydrogen-bond donors (Lipinski definition) is 0. The van der Waals surface area contributed by atoms with Crippen molar-refractivity contribution in [2.45, 2.75) is 65.5 Å². The number of aromatic nitrogens is 2. The van der Waals surface area contributed by atoms with Gasteiger partial charge in [-0.1, -0.05) is 0 Å². The van der Waals surface area contributed by atoms with Gasteiger partial charge in [0.15, 0.2) is 0 Å². The smallest absolute Gasteiger partial charge is 0.227 e. The van der Waals surface area contributed by atoms with Crippen molar-refractivity contribution in [3.63, 3.8) is 0 Å². The molecule has 0 radical (unpaired) electrons. The average molecular weight is 263 g/mol. The monoisotopic (exact) mass is 263 g/mol. The van der Waals surface area contributed by atoms with Crippen molar-refractivity contribution in [1.82, 2.24) is 14.7 Å². The lowest BCUT2D eigenvalue weighted by Gasteiger charge is -2.39. The zero-order chi connectivity index (χ0) is 14.2. The van der Waals surface area contributed by atoms with Gasteiger partial charge in [0.05, 0.1) is 12.1 Å². The minimum Gasteiger partial charge on any atom is -0.337 e. The van der Waals surface area contributed by atoms with E-state index >= 15 is 0 Å². The zero-order valence-corrected chi connectivity index (χ0v) is 12.7. The average Bonchev–Trinajstić information content (AvgIpc) is 2.56. The van der Waals surface area contributed by atoms with Gasteiger partial charge < -0.3 is 4.90 Å². The van der Waals surface area contributed by atoms with Crippen LogP contribution in [0.1, 0.15) is 50.1 Å². The first-order chi connectivity index (χ1) is 8.91. The summed E-state index contributed by atoms with van der Waals surface area (Å²) in [5, 5.41) is 4.39. The van der Waals surface area contributed by atoms with E-state index in [2.05, 4.69) is 23.8 Å². The van der Waals surface area contributed by atoms with E-state index < -0.39 is 0 Å².